The average Bonchev–Trinajstić information content (AvgIpc) is 4.11. The van der Waals surface area contributed by atoms with Crippen LogP contribution in [0.3, 0.4) is 0 Å². The molecule has 13 aromatic rings. The lowest BCUT2D eigenvalue weighted by molar-refractivity contribution is 0.660. The Morgan fingerprint density at radius 1 is 0.303 bits per heavy atom. The van der Waals surface area contributed by atoms with Crippen LogP contribution >= 0.6 is 0 Å². The van der Waals surface area contributed by atoms with Crippen LogP contribution in [0.2, 0.25) is 0 Å². The van der Waals surface area contributed by atoms with Gasteiger partial charge in [-0.2, -0.15) is 0 Å². The number of benzene rings is 9. The molecule has 0 amide bonds. The third-order valence-electron chi connectivity index (χ3n) is 13.8. The fraction of sp³-hybridized carbons (Fsp3) is 0.0500. The van der Waals surface area contributed by atoms with Crippen LogP contribution in [0.4, 0.5) is 0 Å². The third-order valence-corrected chi connectivity index (χ3v) is 13.8. The summed E-state index contributed by atoms with van der Waals surface area (Å²) in [6.07, 6.45) is 0. The van der Waals surface area contributed by atoms with Crippen molar-refractivity contribution >= 4 is 65.8 Å². The number of rotatable bonds is 5. The molecule has 4 heterocycles. The Morgan fingerprint density at radius 2 is 0.803 bits per heavy atom. The van der Waals surface area contributed by atoms with Gasteiger partial charge in [0.25, 0.3) is 0 Å². The summed E-state index contributed by atoms with van der Waals surface area (Å²) < 4.78 is 19.3. The second-order valence-corrected chi connectivity index (χ2v) is 17.9. The molecule has 310 valence electrons. The maximum atomic E-state index is 6.59. The van der Waals surface area contributed by atoms with Gasteiger partial charge in [-0.05, 0) is 105 Å². The Balaban J connectivity index is 0.934. The van der Waals surface area contributed by atoms with E-state index < -0.39 is 0 Å². The van der Waals surface area contributed by atoms with Crippen LogP contribution in [0.15, 0.2) is 201 Å². The van der Waals surface area contributed by atoms with Crippen LogP contribution in [-0.4, -0.2) is 15.0 Å². The van der Waals surface area contributed by atoms with Gasteiger partial charge in [-0.1, -0.05) is 141 Å². The molecule has 0 atom stereocenters. The molecule has 0 saturated heterocycles. The minimum Gasteiger partial charge on any atom is -0.456 e. The number of hydrogen-bond acceptors (Lipinski definition) is 6. The van der Waals surface area contributed by atoms with Crippen LogP contribution in [0, 0.1) is 0 Å². The lowest BCUT2D eigenvalue weighted by Crippen LogP contribution is -2.14. The highest BCUT2D eigenvalue weighted by Crippen LogP contribution is 2.50. The topological polar surface area (TPSA) is 78.1 Å². The van der Waals surface area contributed by atoms with E-state index in [1.807, 2.05) is 66.7 Å². The molecule has 0 fully saturated rings. The molecule has 66 heavy (non-hydrogen) atoms. The summed E-state index contributed by atoms with van der Waals surface area (Å²) in [4.78, 5) is 15.8. The van der Waals surface area contributed by atoms with Crippen LogP contribution in [0.1, 0.15) is 25.0 Å². The zero-order valence-corrected chi connectivity index (χ0v) is 36.0. The van der Waals surface area contributed by atoms with Gasteiger partial charge in [0, 0.05) is 54.4 Å². The predicted octanol–water partition coefficient (Wildman–Crippen LogP) is 16.2. The number of furan rings is 3. The molecule has 14 rings (SSSR count). The van der Waals surface area contributed by atoms with Gasteiger partial charge in [0.15, 0.2) is 17.5 Å². The molecule has 0 radical (unpaired) electrons. The first-order valence-electron chi connectivity index (χ1n) is 22.3. The van der Waals surface area contributed by atoms with E-state index in [2.05, 4.69) is 135 Å². The summed E-state index contributed by atoms with van der Waals surface area (Å²) in [7, 11) is 0. The van der Waals surface area contributed by atoms with E-state index >= 15 is 0 Å². The molecule has 1 aliphatic carbocycles. The quantitative estimate of drug-likeness (QED) is 0.172. The van der Waals surface area contributed by atoms with Gasteiger partial charge in [-0.15, -0.1) is 0 Å². The van der Waals surface area contributed by atoms with E-state index in [9.17, 15) is 0 Å². The van der Waals surface area contributed by atoms with E-state index in [-0.39, 0.29) is 5.41 Å². The van der Waals surface area contributed by atoms with Gasteiger partial charge >= 0.3 is 0 Å². The van der Waals surface area contributed by atoms with Gasteiger partial charge in [-0.25, -0.2) is 15.0 Å². The van der Waals surface area contributed by atoms with Crippen LogP contribution in [-0.2, 0) is 5.41 Å². The molecular formula is C60H37N3O3. The monoisotopic (exact) mass is 847 g/mol. The maximum Gasteiger partial charge on any atom is 0.164 e. The van der Waals surface area contributed by atoms with E-state index in [0.717, 1.165) is 93.6 Å². The van der Waals surface area contributed by atoms with E-state index in [1.165, 1.54) is 33.4 Å². The van der Waals surface area contributed by atoms with E-state index in [1.54, 1.807) is 0 Å². The maximum absolute atomic E-state index is 6.59. The molecule has 0 aliphatic heterocycles. The second kappa shape index (κ2) is 13.7. The van der Waals surface area contributed by atoms with Crippen molar-refractivity contribution in [1.29, 1.82) is 0 Å². The van der Waals surface area contributed by atoms with Gasteiger partial charge in [0.05, 0.1) is 0 Å². The SMILES string of the molecule is CC1(C)c2ccccc2-c2cc(-c3cccc(-c4ccc5oc6cccc(-c7nc(-c8ccc9c(c8)oc8ccccc89)nc(-c8cccc9oc%10ccccc%10c89)n7)c6c5c4)c3)ccc21. The standard InChI is InChI=1S/C60H37N3O3/c1-60(2)47-19-6-3-14-39(47)45-31-36(25-28-48(45)60)34-12-9-13-35(30-34)37-26-29-51-46(32-37)56-44(18-11-23-53(56)65-51)59-62-57(38-24-27-41-40-15-4-7-20-49(40)66-54(41)33-38)61-58(63-59)43-17-10-22-52-55(43)42-16-5-8-21-50(42)64-52/h3-33H,1-2H3. The molecular weight excluding hydrogens is 811 g/mol. The van der Waals surface area contributed by atoms with E-state index in [0.29, 0.717) is 17.5 Å². The number of hydrogen-bond donors (Lipinski definition) is 0. The highest BCUT2D eigenvalue weighted by atomic mass is 16.3. The molecule has 9 aromatic carbocycles. The van der Waals surface area contributed by atoms with Crippen LogP contribution < -0.4 is 0 Å². The summed E-state index contributed by atoms with van der Waals surface area (Å²) in [6, 6.07) is 65.6. The van der Waals surface area contributed by atoms with Gasteiger partial charge in [0.1, 0.15) is 33.5 Å². The largest absolute Gasteiger partial charge is 0.456 e. The first kappa shape index (κ1) is 36.8. The lowest BCUT2D eigenvalue weighted by Gasteiger charge is -2.21. The molecule has 0 saturated carbocycles. The molecule has 6 nitrogen and oxygen atoms in total. The summed E-state index contributed by atoms with van der Waals surface area (Å²) in [5.74, 6) is 1.60. The normalized spacial score (nSPS) is 13.1. The van der Waals surface area contributed by atoms with Gasteiger partial charge < -0.3 is 13.3 Å². The minimum atomic E-state index is -0.0368. The Bertz CT molecular complexity index is 4170. The minimum absolute atomic E-state index is 0.0368. The number of fused-ring (bicyclic) bond motifs is 12. The highest BCUT2D eigenvalue weighted by molar-refractivity contribution is 6.14. The Hall–Kier alpha value is -8.61. The van der Waals surface area contributed by atoms with Crippen molar-refractivity contribution in [3.8, 4) is 67.5 Å². The fourth-order valence-corrected chi connectivity index (χ4v) is 10.5. The first-order chi connectivity index (χ1) is 32.4. The zero-order valence-electron chi connectivity index (χ0n) is 36.0. The van der Waals surface area contributed by atoms with Gasteiger partial charge in [-0.3, -0.25) is 0 Å². The molecule has 1 aliphatic rings. The van der Waals surface area contributed by atoms with Crippen molar-refractivity contribution in [3.63, 3.8) is 0 Å². The number of nitrogens with zero attached hydrogens (tertiary/aromatic N) is 3. The van der Waals surface area contributed by atoms with Crippen molar-refractivity contribution in [2.24, 2.45) is 0 Å². The Kier molecular flexibility index (Phi) is 7.64. The highest BCUT2D eigenvalue weighted by Gasteiger charge is 2.35. The van der Waals surface area contributed by atoms with Crippen molar-refractivity contribution in [2.45, 2.75) is 19.3 Å². The smallest absolute Gasteiger partial charge is 0.164 e. The van der Waals surface area contributed by atoms with Gasteiger partial charge in [0.2, 0.25) is 0 Å². The average molecular weight is 848 g/mol. The molecule has 4 aromatic heterocycles. The lowest BCUT2D eigenvalue weighted by atomic mass is 9.82. The molecule has 0 spiro atoms. The summed E-state index contributed by atoms with van der Waals surface area (Å²) in [6.45, 7) is 4.65. The van der Waals surface area contributed by atoms with Crippen LogP contribution in [0.5, 0.6) is 0 Å². The summed E-state index contributed by atoms with van der Waals surface area (Å²) >= 11 is 0. The summed E-state index contributed by atoms with van der Waals surface area (Å²) in [5, 5.41) is 5.98. The second-order valence-electron chi connectivity index (χ2n) is 17.9. The van der Waals surface area contributed by atoms with E-state index in [4.69, 9.17) is 28.2 Å². The summed E-state index contributed by atoms with van der Waals surface area (Å²) in [5.41, 5.74) is 17.2. The predicted molar refractivity (Wildman–Crippen MR) is 266 cm³/mol. The Labute approximate surface area is 378 Å². The molecule has 0 unspecified atom stereocenters. The fourth-order valence-electron chi connectivity index (χ4n) is 10.5. The first-order valence-corrected chi connectivity index (χ1v) is 22.3. The Morgan fingerprint density at radius 3 is 1.58 bits per heavy atom. The van der Waals surface area contributed by atoms with Crippen molar-refractivity contribution < 1.29 is 13.3 Å². The van der Waals surface area contributed by atoms with Crippen molar-refractivity contribution in [1.82, 2.24) is 15.0 Å². The van der Waals surface area contributed by atoms with Crippen molar-refractivity contribution in [2.75, 3.05) is 0 Å². The van der Waals surface area contributed by atoms with Crippen molar-refractivity contribution in [3.05, 3.63) is 199 Å². The molecule has 6 heteroatoms. The third kappa shape index (κ3) is 5.45. The number of aromatic nitrogens is 3. The molecule has 0 N–H and O–H groups in total. The number of para-hydroxylation sites is 2. The van der Waals surface area contributed by atoms with Crippen LogP contribution in [0.25, 0.3) is 133 Å². The molecule has 0 bridgehead atoms. The zero-order chi connectivity index (χ0) is 43.7.